The molecule has 0 radical (unpaired) electrons. The first-order chi connectivity index (χ1) is 9.11. The summed E-state index contributed by atoms with van der Waals surface area (Å²) in [7, 11) is 0. The van der Waals surface area contributed by atoms with Crippen molar-refractivity contribution in [2.45, 2.75) is 6.92 Å². The van der Waals surface area contributed by atoms with Crippen LogP contribution in [0.4, 0.5) is 10.3 Å². The van der Waals surface area contributed by atoms with Gasteiger partial charge in [-0.05, 0) is 19.1 Å². The fraction of sp³-hybridized carbons (Fsp3) is 0.167. The van der Waals surface area contributed by atoms with Crippen molar-refractivity contribution in [3.8, 4) is 11.6 Å². The lowest BCUT2D eigenvalue weighted by Gasteiger charge is -2.09. The Morgan fingerprint density at radius 2 is 2.16 bits per heavy atom. The molecule has 0 saturated carbocycles. The maximum atomic E-state index is 13.6. The van der Waals surface area contributed by atoms with Gasteiger partial charge in [-0.2, -0.15) is 9.37 Å². The zero-order chi connectivity index (χ0) is 13.8. The monoisotopic (exact) mass is 301 g/mol. The predicted octanol–water partition coefficient (Wildman–Crippen LogP) is 4.15. The quantitative estimate of drug-likeness (QED) is 0.921. The molecule has 19 heavy (non-hydrogen) atoms. The van der Waals surface area contributed by atoms with E-state index in [1.807, 2.05) is 6.92 Å². The molecule has 2 rings (SSSR count). The van der Waals surface area contributed by atoms with E-state index in [9.17, 15) is 4.39 Å². The van der Waals surface area contributed by atoms with E-state index in [4.69, 9.17) is 27.9 Å². The van der Waals surface area contributed by atoms with Crippen molar-refractivity contribution in [2.24, 2.45) is 0 Å². The van der Waals surface area contributed by atoms with E-state index >= 15 is 0 Å². The first-order valence-corrected chi connectivity index (χ1v) is 6.25. The van der Waals surface area contributed by atoms with Crippen LogP contribution in [-0.2, 0) is 0 Å². The molecule has 0 spiro atoms. The summed E-state index contributed by atoms with van der Waals surface area (Å²) in [6.07, 6.45) is 1.03. The predicted molar refractivity (Wildman–Crippen MR) is 72.7 cm³/mol. The number of hydrogen-bond donors (Lipinski definition) is 1. The summed E-state index contributed by atoms with van der Waals surface area (Å²) < 4.78 is 18.9. The Balaban J connectivity index is 2.32. The van der Waals surface area contributed by atoms with Gasteiger partial charge < -0.3 is 10.1 Å². The summed E-state index contributed by atoms with van der Waals surface area (Å²) in [5.41, 5.74) is 0. The highest BCUT2D eigenvalue weighted by atomic mass is 35.5. The lowest BCUT2D eigenvalue weighted by Crippen LogP contribution is -2.04. The van der Waals surface area contributed by atoms with Crippen molar-refractivity contribution in [3.05, 3.63) is 40.3 Å². The van der Waals surface area contributed by atoms with Crippen LogP contribution in [0.1, 0.15) is 6.92 Å². The standard InChI is InChI=1S/C12H10Cl2FN3O/c1-2-16-12-17-6-8(15)11(18-12)19-9-5-3-4-7(13)10(9)14/h3-6H,2H2,1H3,(H,16,17,18). The fourth-order valence-corrected chi connectivity index (χ4v) is 1.66. The molecular formula is C12H10Cl2FN3O. The second kappa shape index (κ2) is 6.04. The minimum Gasteiger partial charge on any atom is -0.435 e. The molecule has 7 heteroatoms. The number of ether oxygens (including phenoxy) is 1. The van der Waals surface area contributed by atoms with Crippen molar-refractivity contribution in [1.82, 2.24) is 9.97 Å². The zero-order valence-electron chi connectivity index (χ0n) is 9.95. The first-order valence-electron chi connectivity index (χ1n) is 5.50. The minimum atomic E-state index is -0.683. The van der Waals surface area contributed by atoms with Crippen LogP contribution in [0.3, 0.4) is 0 Å². The highest BCUT2D eigenvalue weighted by Gasteiger charge is 2.12. The third-order valence-corrected chi connectivity index (χ3v) is 2.97. The summed E-state index contributed by atoms with van der Waals surface area (Å²) in [4.78, 5) is 7.68. The molecule has 1 aromatic heterocycles. The van der Waals surface area contributed by atoms with Crippen LogP contribution in [0.15, 0.2) is 24.4 Å². The molecule has 0 amide bonds. The number of nitrogens with one attached hydrogen (secondary N) is 1. The smallest absolute Gasteiger partial charge is 0.260 e. The summed E-state index contributed by atoms with van der Waals surface area (Å²) in [6.45, 7) is 2.49. The molecule has 100 valence electrons. The molecule has 0 fully saturated rings. The summed E-state index contributed by atoms with van der Waals surface area (Å²) in [6, 6.07) is 4.83. The molecule has 1 N–H and O–H groups in total. The maximum Gasteiger partial charge on any atom is 0.260 e. The van der Waals surface area contributed by atoms with Crippen molar-refractivity contribution in [1.29, 1.82) is 0 Å². The Morgan fingerprint density at radius 1 is 1.37 bits per heavy atom. The molecule has 1 aromatic carbocycles. The minimum absolute atomic E-state index is 0.201. The lowest BCUT2D eigenvalue weighted by molar-refractivity contribution is 0.421. The topological polar surface area (TPSA) is 47.0 Å². The molecule has 0 unspecified atom stereocenters. The van der Waals surface area contributed by atoms with Crippen molar-refractivity contribution in [3.63, 3.8) is 0 Å². The number of halogens is 3. The SMILES string of the molecule is CCNc1ncc(F)c(Oc2cccc(Cl)c2Cl)n1. The van der Waals surface area contributed by atoms with Crippen LogP contribution in [0.2, 0.25) is 10.0 Å². The normalized spacial score (nSPS) is 10.3. The molecule has 0 saturated heterocycles. The molecular weight excluding hydrogens is 292 g/mol. The third-order valence-electron chi connectivity index (χ3n) is 2.17. The number of anilines is 1. The van der Waals surface area contributed by atoms with Gasteiger partial charge in [0.1, 0.15) is 10.8 Å². The Morgan fingerprint density at radius 3 is 2.89 bits per heavy atom. The molecule has 0 aliphatic heterocycles. The van der Waals surface area contributed by atoms with Crippen molar-refractivity contribution < 1.29 is 9.13 Å². The first kappa shape index (κ1) is 13.8. The second-order valence-electron chi connectivity index (χ2n) is 3.53. The molecule has 0 aliphatic rings. The van der Waals surface area contributed by atoms with Gasteiger partial charge in [-0.25, -0.2) is 4.98 Å². The number of hydrogen-bond acceptors (Lipinski definition) is 4. The Hall–Kier alpha value is -1.59. The van der Waals surface area contributed by atoms with E-state index in [-0.39, 0.29) is 22.6 Å². The van der Waals surface area contributed by atoms with Crippen molar-refractivity contribution in [2.75, 3.05) is 11.9 Å². The summed E-state index contributed by atoms with van der Waals surface area (Å²) in [5.74, 6) is -0.390. The highest BCUT2D eigenvalue weighted by molar-refractivity contribution is 6.42. The molecule has 0 aliphatic carbocycles. The largest absolute Gasteiger partial charge is 0.435 e. The van der Waals surface area contributed by atoms with Crippen LogP contribution in [0.25, 0.3) is 0 Å². The van der Waals surface area contributed by atoms with Crippen LogP contribution < -0.4 is 10.1 Å². The van der Waals surface area contributed by atoms with Gasteiger partial charge in [-0.15, -0.1) is 0 Å². The molecule has 2 aromatic rings. The fourth-order valence-electron chi connectivity index (χ4n) is 1.33. The Kier molecular flexibility index (Phi) is 4.39. The van der Waals surface area contributed by atoms with E-state index in [1.165, 1.54) is 0 Å². The van der Waals surface area contributed by atoms with Gasteiger partial charge in [0.25, 0.3) is 5.88 Å². The van der Waals surface area contributed by atoms with Crippen LogP contribution >= 0.6 is 23.2 Å². The highest BCUT2D eigenvalue weighted by Crippen LogP contribution is 2.34. The summed E-state index contributed by atoms with van der Waals surface area (Å²) >= 11 is 11.8. The van der Waals surface area contributed by atoms with Crippen LogP contribution in [0, 0.1) is 5.82 Å². The van der Waals surface area contributed by atoms with Gasteiger partial charge in [0.05, 0.1) is 11.2 Å². The van der Waals surface area contributed by atoms with Gasteiger partial charge in [0, 0.05) is 6.54 Å². The Labute approximate surface area is 119 Å². The van der Waals surface area contributed by atoms with Gasteiger partial charge >= 0.3 is 0 Å². The van der Waals surface area contributed by atoms with Gasteiger partial charge in [-0.3, -0.25) is 0 Å². The van der Waals surface area contributed by atoms with Crippen LogP contribution in [0.5, 0.6) is 11.6 Å². The summed E-state index contributed by atoms with van der Waals surface area (Å²) in [5, 5.41) is 3.38. The van der Waals surface area contributed by atoms with E-state index < -0.39 is 5.82 Å². The molecule has 4 nitrogen and oxygen atoms in total. The number of aromatic nitrogens is 2. The number of nitrogens with zero attached hydrogens (tertiary/aromatic N) is 2. The van der Waals surface area contributed by atoms with Gasteiger partial charge in [0.15, 0.2) is 0 Å². The number of benzene rings is 1. The van der Waals surface area contributed by atoms with E-state index in [0.29, 0.717) is 11.6 Å². The average Bonchev–Trinajstić information content (AvgIpc) is 2.39. The van der Waals surface area contributed by atoms with Gasteiger partial charge in [0.2, 0.25) is 11.8 Å². The van der Waals surface area contributed by atoms with Gasteiger partial charge in [-0.1, -0.05) is 29.3 Å². The lowest BCUT2D eigenvalue weighted by atomic mass is 10.3. The Bertz CT molecular complexity index is 595. The maximum absolute atomic E-state index is 13.6. The van der Waals surface area contributed by atoms with Crippen molar-refractivity contribution >= 4 is 29.2 Å². The molecule has 1 heterocycles. The zero-order valence-corrected chi connectivity index (χ0v) is 11.5. The third kappa shape index (κ3) is 3.24. The van der Waals surface area contributed by atoms with Crippen LogP contribution in [-0.4, -0.2) is 16.5 Å². The second-order valence-corrected chi connectivity index (χ2v) is 4.32. The molecule has 0 bridgehead atoms. The van der Waals surface area contributed by atoms with E-state index in [1.54, 1.807) is 18.2 Å². The van der Waals surface area contributed by atoms with E-state index in [0.717, 1.165) is 6.20 Å². The molecule has 0 atom stereocenters. The van der Waals surface area contributed by atoms with E-state index in [2.05, 4.69) is 15.3 Å². The average molecular weight is 302 g/mol. The number of rotatable bonds is 4.